The molecule has 0 bridgehead atoms. The van der Waals surface area contributed by atoms with Crippen LogP contribution in [0.4, 0.5) is 0 Å². The number of carbonyl (C=O) groups excluding carboxylic acids is 1. The SMILES string of the molecule is COc1ccc2c(c1OC)CCC2C(=O)O.COc1ccc2c(c1OC)CCC2C(N)=O.[C-]#[N+]C1(O[Si](C)(C)C)CCc2c1ccc(OC)c2OC. The molecule has 3 N–H and O–H groups in total. The highest BCUT2D eigenvalue weighted by Crippen LogP contribution is 2.49. The van der Waals surface area contributed by atoms with E-state index in [0.717, 1.165) is 70.6 Å². The van der Waals surface area contributed by atoms with Crippen molar-refractivity contribution in [2.75, 3.05) is 42.7 Å². The van der Waals surface area contributed by atoms with Crippen LogP contribution in [0.3, 0.4) is 0 Å². The standard InChI is InChI=1S/C15H21NO3Si.C12H15NO3.C12H14O4/c1-16-15(19-20(4,5)6)10-9-11-12(15)7-8-13(17-2)14(11)18-3;2*1-15-10-6-5-7-8(11(10)16-2)3-4-9(7)12(13)14/h7-8H,9-10H2,2-6H3;5-6,9H,3-4H2,1-2H3,(H2,13,14);5-6,9H,3-4H2,1-2H3,(H,13,14). The maximum atomic E-state index is 11.3. The lowest BCUT2D eigenvalue weighted by Gasteiger charge is -2.26. The zero-order chi connectivity index (χ0) is 38.4. The van der Waals surface area contributed by atoms with Gasteiger partial charge in [0.15, 0.2) is 42.8 Å². The Morgan fingerprint density at radius 3 is 1.56 bits per heavy atom. The van der Waals surface area contributed by atoms with Crippen molar-refractivity contribution in [1.82, 2.24) is 0 Å². The number of methoxy groups -OCH3 is 6. The van der Waals surface area contributed by atoms with E-state index in [0.29, 0.717) is 35.8 Å². The molecule has 0 aromatic heterocycles. The fourth-order valence-corrected chi connectivity index (χ4v) is 8.68. The summed E-state index contributed by atoms with van der Waals surface area (Å²) in [5, 5.41) is 9.08. The van der Waals surface area contributed by atoms with Crippen molar-refractivity contribution in [3.8, 4) is 34.5 Å². The minimum absolute atomic E-state index is 0.185. The van der Waals surface area contributed by atoms with Gasteiger partial charge in [0.2, 0.25) is 5.91 Å². The number of benzene rings is 3. The summed E-state index contributed by atoms with van der Waals surface area (Å²) in [6, 6.07) is 11.1. The van der Waals surface area contributed by atoms with Gasteiger partial charge in [0.25, 0.3) is 0 Å². The van der Waals surface area contributed by atoms with Gasteiger partial charge in [0.05, 0.1) is 66.5 Å². The third kappa shape index (κ3) is 7.93. The molecule has 0 radical (unpaired) electrons. The second kappa shape index (κ2) is 16.6. The Morgan fingerprint density at radius 2 is 1.15 bits per heavy atom. The zero-order valence-electron chi connectivity index (χ0n) is 31.5. The van der Waals surface area contributed by atoms with Crippen LogP contribution in [0, 0.1) is 6.57 Å². The van der Waals surface area contributed by atoms with Crippen LogP contribution in [0.15, 0.2) is 36.4 Å². The number of carbonyl (C=O) groups is 2. The first-order valence-electron chi connectivity index (χ1n) is 17.1. The summed E-state index contributed by atoms with van der Waals surface area (Å²) >= 11 is 0. The molecule has 52 heavy (non-hydrogen) atoms. The molecule has 3 atom stereocenters. The van der Waals surface area contributed by atoms with Gasteiger partial charge in [-0.3, -0.25) is 14.4 Å². The zero-order valence-corrected chi connectivity index (χ0v) is 32.5. The first kappa shape index (κ1) is 39.8. The number of rotatable bonds is 10. The Kier molecular flexibility index (Phi) is 12.7. The molecule has 3 aromatic carbocycles. The molecule has 1 amide bonds. The maximum absolute atomic E-state index is 11.3. The smallest absolute Gasteiger partial charge is 0.355 e. The van der Waals surface area contributed by atoms with Gasteiger partial charge < -0.3 is 43.7 Å². The molecular weight excluding hydrogens is 685 g/mol. The molecule has 0 heterocycles. The third-order valence-corrected chi connectivity index (χ3v) is 10.5. The van der Waals surface area contributed by atoms with E-state index in [9.17, 15) is 9.59 Å². The highest BCUT2D eigenvalue weighted by Gasteiger charge is 2.50. The van der Waals surface area contributed by atoms with Crippen LogP contribution in [-0.2, 0) is 39.0 Å². The van der Waals surface area contributed by atoms with Gasteiger partial charge in [0, 0.05) is 16.7 Å². The largest absolute Gasteiger partial charge is 0.493 e. The van der Waals surface area contributed by atoms with Crippen LogP contribution in [-0.4, -0.2) is 68.0 Å². The average molecular weight is 735 g/mol. The van der Waals surface area contributed by atoms with Crippen LogP contribution in [0.2, 0.25) is 19.6 Å². The van der Waals surface area contributed by atoms with Gasteiger partial charge in [-0.2, -0.15) is 0 Å². The molecule has 0 saturated carbocycles. The van der Waals surface area contributed by atoms with Gasteiger partial charge in [-0.1, -0.05) is 12.1 Å². The number of aliphatic carboxylic acids is 1. The Bertz CT molecular complexity index is 1750. The number of ether oxygens (including phenoxy) is 6. The van der Waals surface area contributed by atoms with E-state index in [1.807, 2.05) is 30.3 Å². The first-order chi connectivity index (χ1) is 24.7. The molecule has 6 rings (SSSR count). The molecule has 280 valence electrons. The second-order valence-electron chi connectivity index (χ2n) is 13.6. The van der Waals surface area contributed by atoms with E-state index in [4.69, 9.17) is 50.3 Å². The predicted molar refractivity (Wildman–Crippen MR) is 199 cm³/mol. The van der Waals surface area contributed by atoms with Crippen molar-refractivity contribution in [3.63, 3.8) is 0 Å². The van der Waals surface area contributed by atoms with Crippen LogP contribution >= 0.6 is 0 Å². The van der Waals surface area contributed by atoms with Gasteiger partial charge in [-0.25, -0.2) is 6.57 Å². The maximum Gasteiger partial charge on any atom is 0.355 e. The van der Waals surface area contributed by atoms with Crippen LogP contribution in [0.5, 0.6) is 34.5 Å². The van der Waals surface area contributed by atoms with Gasteiger partial charge in [-0.05, 0) is 87.1 Å². The monoisotopic (exact) mass is 734 g/mol. The number of nitrogens with zero attached hydrogens (tertiary/aromatic N) is 1. The number of hydrogen-bond donors (Lipinski definition) is 2. The Balaban J connectivity index is 0.000000176. The average Bonchev–Trinajstić information content (AvgIpc) is 3.86. The summed E-state index contributed by atoms with van der Waals surface area (Å²) in [7, 11) is 7.80. The summed E-state index contributed by atoms with van der Waals surface area (Å²) in [5.74, 6) is 2.56. The van der Waals surface area contributed by atoms with Crippen molar-refractivity contribution in [1.29, 1.82) is 0 Å². The number of primary amides is 1. The fourth-order valence-electron chi connectivity index (χ4n) is 7.41. The molecule has 0 spiro atoms. The van der Waals surface area contributed by atoms with Crippen molar-refractivity contribution in [3.05, 3.63) is 81.2 Å². The lowest BCUT2D eigenvalue weighted by atomic mass is 10.0. The molecule has 12 nitrogen and oxygen atoms in total. The topological polar surface area (TPSA) is 149 Å². The third-order valence-electron chi connectivity index (χ3n) is 9.57. The Labute approximate surface area is 307 Å². The van der Waals surface area contributed by atoms with Crippen molar-refractivity contribution in [2.24, 2.45) is 5.73 Å². The number of amides is 1. The van der Waals surface area contributed by atoms with E-state index in [-0.39, 0.29) is 11.8 Å². The summed E-state index contributed by atoms with van der Waals surface area (Å²) < 4.78 is 38.0. The lowest BCUT2D eigenvalue weighted by Crippen LogP contribution is -2.37. The number of nitrogens with two attached hydrogens (primary N) is 1. The Hall–Kier alpha value is -4.93. The van der Waals surface area contributed by atoms with Crippen molar-refractivity contribution >= 4 is 20.2 Å². The highest BCUT2D eigenvalue weighted by molar-refractivity contribution is 6.69. The molecule has 3 aromatic rings. The summed E-state index contributed by atoms with van der Waals surface area (Å²) in [6.45, 7) is 14.0. The molecular formula is C39H50N2O10Si. The minimum Gasteiger partial charge on any atom is -0.493 e. The van der Waals surface area contributed by atoms with Crippen LogP contribution in [0.25, 0.3) is 4.85 Å². The molecule has 0 fully saturated rings. The van der Waals surface area contributed by atoms with E-state index >= 15 is 0 Å². The molecule has 3 unspecified atom stereocenters. The number of carboxylic acid groups (broad SMARTS) is 1. The molecule has 0 aliphatic heterocycles. The van der Waals surface area contributed by atoms with Crippen molar-refractivity contribution < 1.29 is 47.5 Å². The Morgan fingerprint density at radius 1 is 0.712 bits per heavy atom. The summed E-state index contributed by atoms with van der Waals surface area (Å²) in [6.07, 6.45) is 4.39. The molecule has 13 heteroatoms. The molecule has 0 saturated heterocycles. The van der Waals surface area contributed by atoms with Crippen molar-refractivity contribution in [2.45, 2.75) is 75.7 Å². The normalized spacial score (nSPS) is 19.2. The predicted octanol–water partition coefficient (Wildman–Crippen LogP) is 6.61. The van der Waals surface area contributed by atoms with E-state index < -0.39 is 25.9 Å². The summed E-state index contributed by atoms with van der Waals surface area (Å²) in [4.78, 5) is 26.2. The molecule has 3 aliphatic rings. The number of carboxylic acids is 1. The summed E-state index contributed by atoms with van der Waals surface area (Å²) in [5.41, 5.74) is 10.3. The first-order valence-corrected chi connectivity index (χ1v) is 20.5. The van der Waals surface area contributed by atoms with Crippen LogP contribution in [0.1, 0.15) is 64.5 Å². The van der Waals surface area contributed by atoms with Gasteiger partial charge in [0.1, 0.15) is 0 Å². The minimum atomic E-state index is -1.82. The van der Waals surface area contributed by atoms with Gasteiger partial charge in [-0.15, -0.1) is 0 Å². The quantitative estimate of drug-likeness (QED) is 0.172. The number of fused-ring (bicyclic) bond motifs is 3. The highest BCUT2D eigenvalue weighted by atomic mass is 28.4. The van der Waals surface area contributed by atoms with E-state index in [1.54, 1.807) is 48.7 Å². The number of hydrogen-bond acceptors (Lipinski definition) is 9. The van der Waals surface area contributed by atoms with Crippen LogP contribution < -0.4 is 34.2 Å². The second-order valence-corrected chi connectivity index (χ2v) is 18.0. The lowest BCUT2D eigenvalue weighted by molar-refractivity contribution is -0.138. The van der Waals surface area contributed by atoms with E-state index in [1.165, 1.54) is 0 Å². The fraction of sp³-hybridized carbons (Fsp3) is 0.462. The van der Waals surface area contributed by atoms with E-state index in [2.05, 4.69) is 24.5 Å². The molecule has 3 aliphatic carbocycles. The van der Waals surface area contributed by atoms with Gasteiger partial charge >= 0.3 is 11.7 Å².